The van der Waals surface area contributed by atoms with Crippen molar-refractivity contribution in [3.63, 3.8) is 0 Å². The molecule has 2 rings (SSSR count). The third-order valence-electron chi connectivity index (χ3n) is 3.19. The van der Waals surface area contributed by atoms with Gasteiger partial charge in [0, 0.05) is 12.1 Å². The summed E-state index contributed by atoms with van der Waals surface area (Å²) in [4.78, 5) is 38.6. The second kappa shape index (κ2) is 4.79. The normalized spacial score (nSPS) is 22.4. The molecule has 1 aliphatic heterocycles. The Morgan fingerprint density at radius 1 is 1.47 bits per heavy atom. The minimum absolute atomic E-state index is 0.0172. The van der Waals surface area contributed by atoms with E-state index in [-0.39, 0.29) is 25.0 Å². The highest BCUT2D eigenvalue weighted by Gasteiger charge is 2.48. The molecule has 2 N–H and O–H groups in total. The standard InChI is InChI=1S/C13H14N2O4/c1-8-3-2-4-9(14-8)13(6-5-12(18)19)10(16)7-11(17)15-13/h2-4H,5-7H2,1H3,(H,15,17)(H,18,19). The number of carbonyl (C=O) groups excluding carboxylic acids is 2. The number of amides is 1. The summed E-state index contributed by atoms with van der Waals surface area (Å²) in [5.74, 6) is -1.73. The van der Waals surface area contributed by atoms with Gasteiger partial charge in [-0.1, -0.05) is 6.07 Å². The van der Waals surface area contributed by atoms with E-state index in [0.29, 0.717) is 11.4 Å². The van der Waals surface area contributed by atoms with Crippen molar-refractivity contribution in [1.82, 2.24) is 10.3 Å². The molecular formula is C13H14N2O4. The van der Waals surface area contributed by atoms with Crippen LogP contribution in [0.1, 0.15) is 30.7 Å². The fraction of sp³-hybridized carbons (Fsp3) is 0.385. The first kappa shape index (κ1) is 13.2. The van der Waals surface area contributed by atoms with Crippen LogP contribution in [0.15, 0.2) is 18.2 Å². The largest absolute Gasteiger partial charge is 0.481 e. The summed E-state index contributed by atoms with van der Waals surface area (Å²) in [6, 6.07) is 5.14. The van der Waals surface area contributed by atoms with Gasteiger partial charge in [0.25, 0.3) is 0 Å². The third kappa shape index (κ3) is 2.47. The molecule has 2 heterocycles. The van der Waals surface area contributed by atoms with E-state index in [9.17, 15) is 14.4 Å². The molecule has 100 valence electrons. The highest BCUT2D eigenvalue weighted by Crippen LogP contribution is 2.32. The number of aromatic nitrogens is 1. The first-order chi connectivity index (χ1) is 8.94. The van der Waals surface area contributed by atoms with Crippen LogP contribution >= 0.6 is 0 Å². The maximum Gasteiger partial charge on any atom is 0.303 e. The Kier molecular flexibility index (Phi) is 3.33. The number of pyridine rings is 1. The van der Waals surface area contributed by atoms with Crippen LogP contribution in [-0.2, 0) is 19.9 Å². The Labute approximate surface area is 109 Å². The van der Waals surface area contributed by atoms with Crippen molar-refractivity contribution < 1.29 is 19.5 Å². The molecule has 6 heteroatoms. The molecule has 0 bridgehead atoms. The van der Waals surface area contributed by atoms with Crippen LogP contribution in [0.2, 0.25) is 0 Å². The van der Waals surface area contributed by atoms with Crippen molar-refractivity contribution in [2.24, 2.45) is 0 Å². The zero-order valence-electron chi connectivity index (χ0n) is 10.5. The first-order valence-corrected chi connectivity index (χ1v) is 5.94. The van der Waals surface area contributed by atoms with Gasteiger partial charge in [0.15, 0.2) is 5.78 Å². The van der Waals surface area contributed by atoms with Crippen LogP contribution in [0.3, 0.4) is 0 Å². The summed E-state index contributed by atoms with van der Waals surface area (Å²) < 4.78 is 0. The second-order valence-corrected chi connectivity index (χ2v) is 4.61. The van der Waals surface area contributed by atoms with E-state index in [2.05, 4.69) is 10.3 Å². The van der Waals surface area contributed by atoms with E-state index >= 15 is 0 Å². The molecule has 6 nitrogen and oxygen atoms in total. The fourth-order valence-corrected chi connectivity index (χ4v) is 2.26. The van der Waals surface area contributed by atoms with Gasteiger partial charge in [0.1, 0.15) is 5.54 Å². The predicted molar refractivity (Wildman–Crippen MR) is 65.3 cm³/mol. The van der Waals surface area contributed by atoms with Gasteiger partial charge in [-0.25, -0.2) is 0 Å². The molecule has 0 saturated carbocycles. The number of nitrogens with one attached hydrogen (secondary N) is 1. The molecule has 1 fully saturated rings. The van der Waals surface area contributed by atoms with Gasteiger partial charge in [-0.15, -0.1) is 0 Å². The van der Waals surface area contributed by atoms with Crippen molar-refractivity contribution in [1.29, 1.82) is 0 Å². The van der Waals surface area contributed by atoms with E-state index in [1.807, 2.05) is 0 Å². The van der Waals surface area contributed by atoms with E-state index in [1.54, 1.807) is 25.1 Å². The third-order valence-corrected chi connectivity index (χ3v) is 3.19. The number of nitrogens with zero attached hydrogens (tertiary/aromatic N) is 1. The number of carboxylic acids is 1. The van der Waals surface area contributed by atoms with Crippen molar-refractivity contribution in [2.75, 3.05) is 0 Å². The summed E-state index contributed by atoms with van der Waals surface area (Å²) in [5, 5.41) is 11.4. The lowest BCUT2D eigenvalue weighted by atomic mass is 9.86. The molecule has 1 aliphatic rings. The van der Waals surface area contributed by atoms with E-state index in [1.165, 1.54) is 0 Å². The highest BCUT2D eigenvalue weighted by molar-refractivity contribution is 6.10. The average Bonchev–Trinajstić information content (AvgIpc) is 2.62. The molecule has 0 aromatic carbocycles. The monoisotopic (exact) mass is 262 g/mol. The Balaban J connectivity index is 2.42. The number of aliphatic carboxylic acids is 1. The molecule has 1 unspecified atom stereocenters. The zero-order valence-corrected chi connectivity index (χ0v) is 10.5. The molecule has 1 amide bonds. The minimum atomic E-state index is -1.29. The Morgan fingerprint density at radius 3 is 2.74 bits per heavy atom. The Bertz CT molecular complexity index is 555. The smallest absolute Gasteiger partial charge is 0.303 e. The molecule has 0 radical (unpaired) electrons. The van der Waals surface area contributed by atoms with Crippen molar-refractivity contribution in [2.45, 2.75) is 31.7 Å². The number of rotatable bonds is 4. The maximum absolute atomic E-state index is 12.1. The van der Waals surface area contributed by atoms with Crippen LogP contribution < -0.4 is 5.32 Å². The van der Waals surface area contributed by atoms with Gasteiger partial charge in [-0.2, -0.15) is 0 Å². The number of Topliss-reactive ketones (excluding diaryl/α,β-unsaturated/α-hetero) is 1. The molecule has 1 saturated heterocycles. The molecule has 0 aliphatic carbocycles. The summed E-state index contributed by atoms with van der Waals surface area (Å²) in [5.41, 5.74) is -0.174. The van der Waals surface area contributed by atoms with Gasteiger partial charge < -0.3 is 10.4 Å². The molecule has 1 aromatic heterocycles. The summed E-state index contributed by atoms with van der Waals surface area (Å²) in [6.07, 6.45) is -0.416. The van der Waals surface area contributed by atoms with E-state index in [4.69, 9.17) is 5.11 Å². The predicted octanol–water partition coefficient (Wildman–Crippen LogP) is 0.539. The highest BCUT2D eigenvalue weighted by atomic mass is 16.4. The molecule has 0 spiro atoms. The van der Waals surface area contributed by atoms with Crippen molar-refractivity contribution in [3.05, 3.63) is 29.6 Å². The Morgan fingerprint density at radius 2 is 2.21 bits per heavy atom. The molecule has 1 atom stereocenters. The van der Waals surface area contributed by atoms with Crippen LogP contribution in [0.5, 0.6) is 0 Å². The summed E-state index contributed by atoms with van der Waals surface area (Å²) >= 11 is 0. The van der Waals surface area contributed by atoms with Gasteiger partial charge in [0.05, 0.1) is 12.1 Å². The number of carbonyl (C=O) groups is 3. The number of ketones is 1. The molecular weight excluding hydrogens is 248 g/mol. The van der Waals surface area contributed by atoms with Crippen molar-refractivity contribution in [3.8, 4) is 0 Å². The molecule has 19 heavy (non-hydrogen) atoms. The first-order valence-electron chi connectivity index (χ1n) is 5.94. The summed E-state index contributed by atoms with van der Waals surface area (Å²) in [6.45, 7) is 1.77. The number of carboxylic acid groups (broad SMARTS) is 1. The van der Waals surface area contributed by atoms with Crippen molar-refractivity contribution >= 4 is 17.7 Å². The number of hydrogen-bond acceptors (Lipinski definition) is 4. The van der Waals surface area contributed by atoms with Gasteiger partial charge in [-0.3, -0.25) is 19.4 Å². The number of aryl methyl sites for hydroxylation is 1. The summed E-state index contributed by atoms with van der Waals surface area (Å²) in [7, 11) is 0. The minimum Gasteiger partial charge on any atom is -0.481 e. The SMILES string of the molecule is Cc1cccc(C2(CCC(=O)O)NC(=O)CC2=O)n1. The zero-order chi connectivity index (χ0) is 14.0. The average molecular weight is 262 g/mol. The van der Waals surface area contributed by atoms with E-state index < -0.39 is 17.4 Å². The topological polar surface area (TPSA) is 96.4 Å². The lowest BCUT2D eigenvalue weighted by molar-refractivity contribution is -0.138. The van der Waals surface area contributed by atoms with Crippen LogP contribution in [0, 0.1) is 6.92 Å². The molecule has 1 aromatic rings. The van der Waals surface area contributed by atoms with Crippen LogP contribution in [-0.4, -0.2) is 27.8 Å². The van der Waals surface area contributed by atoms with Crippen LogP contribution in [0.25, 0.3) is 0 Å². The maximum atomic E-state index is 12.1. The van der Waals surface area contributed by atoms with Gasteiger partial charge in [0.2, 0.25) is 5.91 Å². The second-order valence-electron chi connectivity index (χ2n) is 4.61. The number of hydrogen-bond donors (Lipinski definition) is 2. The van der Waals surface area contributed by atoms with Crippen LogP contribution in [0.4, 0.5) is 0 Å². The van der Waals surface area contributed by atoms with Gasteiger partial charge >= 0.3 is 5.97 Å². The van der Waals surface area contributed by atoms with Gasteiger partial charge in [-0.05, 0) is 25.5 Å². The fourth-order valence-electron chi connectivity index (χ4n) is 2.26. The lowest BCUT2D eigenvalue weighted by Crippen LogP contribution is -2.44. The lowest BCUT2D eigenvalue weighted by Gasteiger charge is -2.26. The quantitative estimate of drug-likeness (QED) is 0.772. The van der Waals surface area contributed by atoms with E-state index in [0.717, 1.165) is 0 Å². The Hall–Kier alpha value is -2.24.